The van der Waals surface area contributed by atoms with E-state index in [4.69, 9.17) is 11.6 Å². The molecule has 1 atom stereocenters. The van der Waals surface area contributed by atoms with Crippen molar-refractivity contribution in [2.75, 3.05) is 18.0 Å². The van der Waals surface area contributed by atoms with E-state index in [0.717, 1.165) is 40.2 Å². The van der Waals surface area contributed by atoms with E-state index in [9.17, 15) is 4.79 Å². The minimum absolute atomic E-state index is 0.00552. The molecule has 0 aromatic carbocycles. The van der Waals surface area contributed by atoms with Crippen LogP contribution in [0.15, 0.2) is 6.07 Å². The molecule has 0 saturated carbocycles. The standard InChI is InChI=1S/C13H15ClIN5O/c1-7-12(15)20-13(16-7)10(5-11(14)18-20)19-4-3-9(6-19)17-8(2)21/h5,9H,3-4,6H2,1-2H3,(H,17,21). The fourth-order valence-corrected chi connectivity index (χ4v) is 3.31. The summed E-state index contributed by atoms with van der Waals surface area (Å²) in [6.45, 7) is 5.13. The van der Waals surface area contributed by atoms with Gasteiger partial charge in [-0.05, 0) is 35.9 Å². The third-order valence-electron chi connectivity index (χ3n) is 3.58. The Bertz CT molecular complexity index is 716. The molecule has 21 heavy (non-hydrogen) atoms. The monoisotopic (exact) mass is 419 g/mol. The first kappa shape index (κ1) is 14.8. The van der Waals surface area contributed by atoms with Crippen LogP contribution >= 0.6 is 34.2 Å². The van der Waals surface area contributed by atoms with Crippen molar-refractivity contribution >= 4 is 51.4 Å². The van der Waals surface area contributed by atoms with Gasteiger partial charge in [-0.2, -0.15) is 5.10 Å². The first-order chi connectivity index (χ1) is 9.95. The van der Waals surface area contributed by atoms with Crippen LogP contribution in [-0.2, 0) is 4.79 Å². The summed E-state index contributed by atoms with van der Waals surface area (Å²) in [6, 6.07) is 2.01. The minimum atomic E-state index is 0.00552. The molecule has 2 aromatic heterocycles. The van der Waals surface area contributed by atoms with Crippen LogP contribution in [0.5, 0.6) is 0 Å². The van der Waals surface area contributed by atoms with E-state index in [-0.39, 0.29) is 11.9 Å². The van der Waals surface area contributed by atoms with Gasteiger partial charge in [-0.15, -0.1) is 0 Å². The number of hydrogen-bond acceptors (Lipinski definition) is 4. The van der Waals surface area contributed by atoms with E-state index in [1.807, 2.05) is 13.0 Å². The highest BCUT2D eigenvalue weighted by Crippen LogP contribution is 2.28. The highest BCUT2D eigenvalue weighted by atomic mass is 127. The van der Waals surface area contributed by atoms with Crippen molar-refractivity contribution in [3.05, 3.63) is 20.6 Å². The molecule has 8 heteroatoms. The van der Waals surface area contributed by atoms with Crippen molar-refractivity contribution in [3.8, 4) is 0 Å². The third-order valence-corrected chi connectivity index (χ3v) is 5.00. The Morgan fingerprint density at radius 2 is 2.33 bits per heavy atom. The molecule has 3 rings (SSSR count). The van der Waals surface area contributed by atoms with Crippen LogP contribution in [-0.4, -0.2) is 39.6 Å². The molecule has 1 unspecified atom stereocenters. The molecule has 0 aliphatic carbocycles. The Kier molecular flexibility index (Phi) is 3.96. The Balaban J connectivity index is 1.97. The predicted molar refractivity (Wildman–Crippen MR) is 89.9 cm³/mol. The molecule has 3 heterocycles. The van der Waals surface area contributed by atoms with Gasteiger partial charge in [0.1, 0.15) is 3.70 Å². The second-order valence-corrected chi connectivity index (χ2v) is 6.62. The van der Waals surface area contributed by atoms with Gasteiger partial charge in [0.15, 0.2) is 10.8 Å². The number of aryl methyl sites for hydroxylation is 1. The fraction of sp³-hybridized carbons (Fsp3) is 0.462. The number of carbonyl (C=O) groups is 1. The van der Waals surface area contributed by atoms with Gasteiger partial charge in [0.25, 0.3) is 0 Å². The topological polar surface area (TPSA) is 62.5 Å². The van der Waals surface area contributed by atoms with Crippen LogP contribution in [0.2, 0.25) is 5.15 Å². The van der Waals surface area contributed by atoms with Gasteiger partial charge in [-0.3, -0.25) is 4.79 Å². The summed E-state index contributed by atoms with van der Waals surface area (Å²) in [4.78, 5) is 18.0. The highest BCUT2D eigenvalue weighted by Gasteiger charge is 2.26. The Morgan fingerprint density at radius 3 is 3.05 bits per heavy atom. The predicted octanol–water partition coefficient (Wildman–Crippen LogP) is 2.01. The molecular formula is C13H15ClIN5O. The molecule has 1 N–H and O–H groups in total. The van der Waals surface area contributed by atoms with Crippen molar-refractivity contribution in [1.82, 2.24) is 19.9 Å². The Labute approximate surface area is 141 Å². The van der Waals surface area contributed by atoms with E-state index < -0.39 is 0 Å². The van der Waals surface area contributed by atoms with Gasteiger partial charge in [0, 0.05) is 32.1 Å². The van der Waals surface area contributed by atoms with Gasteiger partial charge in [0.05, 0.1) is 11.4 Å². The van der Waals surface area contributed by atoms with E-state index in [1.54, 1.807) is 11.4 Å². The molecule has 6 nitrogen and oxygen atoms in total. The van der Waals surface area contributed by atoms with E-state index in [0.29, 0.717) is 5.15 Å². The zero-order valence-corrected chi connectivity index (χ0v) is 14.6. The lowest BCUT2D eigenvalue weighted by Crippen LogP contribution is -2.35. The molecule has 1 aliphatic rings. The number of hydrogen-bond donors (Lipinski definition) is 1. The van der Waals surface area contributed by atoms with Crippen LogP contribution in [0.25, 0.3) is 5.65 Å². The highest BCUT2D eigenvalue weighted by molar-refractivity contribution is 14.1. The summed E-state index contributed by atoms with van der Waals surface area (Å²) in [5.74, 6) is 0.00552. The maximum absolute atomic E-state index is 11.2. The maximum atomic E-state index is 11.2. The third kappa shape index (κ3) is 2.80. The first-order valence-electron chi connectivity index (χ1n) is 6.69. The van der Waals surface area contributed by atoms with Crippen LogP contribution in [0, 0.1) is 10.6 Å². The number of imidazole rings is 1. The lowest BCUT2D eigenvalue weighted by Gasteiger charge is -2.19. The lowest BCUT2D eigenvalue weighted by molar-refractivity contribution is -0.119. The first-order valence-corrected chi connectivity index (χ1v) is 8.15. The second kappa shape index (κ2) is 5.60. The van der Waals surface area contributed by atoms with Crippen LogP contribution in [0.3, 0.4) is 0 Å². The second-order valence-electron chi connectivity index (χ2n) is 5.21. The van der Waals surface area contributed by atoms with Crippen LogP contribution in [0.1, 0.15) is 19.0 Å². The number of carbonyl (C=O) groups excluding carboxylic acids is 1. The molecule has 1 saturated heterocycles. The number of rotatable bonds is 2. The summed E-state index contributed by atoms with van der Waals surface area (Å²) < 4.78 is 2.74. The van der Waals surface area contributed by atoms with Gasteiger partial charge < -0.3 is 10.2 Å². The number of nitrogens with one attached hydrogen (secondary N) is 1. The fourth-order valence-electron chi connectivity index (χ4n) is 2.67. The van der Waals surface area contributed by atoms with E-state index >= 15 is 0 Å². The number of nitrogens with zero attached hydrogens (tertiary/aromatic N) is 4. The molecule has 0 spiro atoms. The molecule has 112 valence electrons. The number of anilines is 1. The maximum Gasteiger partial charge on any atom is 0.217 e. The number of aromatic nitrogens is 3. The molecule has 1 amide bonds. The van der Waals surface area contributed by atoms with Crippen LogP contribution < -0.4 is 10.2 Å². The van der Waals surface area contributed by atoms with Gasteiger partial charge in [-0.1, -0.05) is 11.6 Å². The summed E-state index contributed by atoms with van der Waals surface area (Å²) in [6.07, 6.45) is 0.919. The minimum Gasteiger partial charge on any atom is -0.366 e. The molecule has 1 fully saturated rings. The zero-order chi connectivity index (χ0) is 15.1. The average Bonchev–Trinajstić information content (AvgIpc) is 2.96. The van der Waals surface area contributed by atoms with Crippen molar-refractivity contribution in [2.24, 2.45) is 0 Å². The number of amides is 1. The lowest BCUT2D eigenvalue weighted by atomic mass is 10.2. The largest absolute Gasteiger partial charge is 0.366 e. The normalized spacial score (nSPS) is 18.5. The Morgan fingerprint density at radius 1 is 1.57 bits per heavy atom. The quantitative estimate of drug-likeness (QED) is 0.757. The van der Waals surface area contributed by atoms with Crippen molar-refractivity contribution in [2.45, 2.75) is 26.3 Å². The number of halogens is 2. The summed E-state index contributed by atoms with van der Waals surface area (Å²) >= 11 is 8.36. The van der Waals surface area contributed by atoms with Gasteiger partial charge in [-0.25, -0.2) is 9.50 Å². The van der Waals surface area contributed by atoms with Gasteiger partial charge >= 0.3 is 0 Å². The smallest absolute Gasteiger partial charge is 0.217 e. The summed E-state index contributed by atoms with van der Waals surface area (Å²) in [5.41, 5.74) is 2.71. The molecule has 2 aromatic rings. The van der Waals surface area contributed by atoms with E-state index in [2.05, 4.69) is 42.9 Å². The van der Waals surface area contributed by atoms with Gasteiger partial charge in [0.2, 0.25) is 5.91 Å². The molecular weight excluding hydrogens is 405 g/mol. The zero-order valence-electron chi connectivity index (χ0n) is 11.7. The molecule has 0 bridgehead atoms. The van der Waals surface area contributed by atoms with Crippen molar-refractivity contribution in [1.29, 1.82) is 0 Å². The van der Waals surface area contributed by atoms with Crippen molar-refractivity contribution in [3.63, 3.8) is 0 Å². The SMILES string of the molecule is CC(=O)NC1CCN(c2cc(Cl)nn3c(I)c(C)nc23)C1. The summed E-state index contributed by atoms with van der Waals surface area (Å²) in [7, 11) is 0. The summed E-state index contributed by atoms with van der Waals surface area (Å²) in [5, 5.41) is 7.71. The number of fused-ring (bicyclic) bond motifs is 1. The van der Waals surface area contributed by atoms with Crippen molar-refractivity contribution < 1.29 is 4.79 Å². The average molecular weight is 420 g/mol. The molecule has 0 radical (unpaired) electrons. The molecule has 1 aliphatic heterocycles. The van der Waals surface area contributed by atoms with E-state index in [1.165, 1.54) is 0 Å². The van der Waals surface area contributed by atoms with Crippen LogP contribution in [0.4, 0.5) is 5.69 Å². The Hall–Kier alpha value is -1.09.